The highest BCUT2D eigenvalue weighted by Gasteiger charge is 2.48. The molecule has 0 amide bonds. The van der Waals surface area contributed by atoms with E-state index < -0.39 is 8.32 Å². The first-order valence-electron chi connectivity index (χ1n) is 8.69. The van der Waals surface area contributed by atoms with Crippen molar-refractivity contribution in [2.45, 2.75) is 77.4 Å². The van der Waals surface area contributed by atoms with Crippen molar-refractivity contribution in [1.82, 2.24) is 0 Å². The largest absolute Gasteiger partial charge is 0.542 e. The molecular weight excluding hydrogens is 286 g/mol. The molecule has 22 heavy (non-hydrogen) atoms. The number of benzene rings is 1. The fourth-order valence-electron chi connectivity index (χ4n) is 4.41. The Labute approximate surface area is 137 Å². The van der Waals surface area contributed by atoms with Gasteiger partial charge in [-0.3, -0.25) is 0 Å². The van der Waals surface area contributed by atoms with Gasteiger partial charge in [0.2, 0.25) is 0 Å². The van der Waals surface area contributed by atoms with Crippen molar-refractivity contribution in [3.63, 3.8) is 0 Å². The first-order valence-corrected chi connectivity index (χ1v) is 10.8. The quantitative estimate of drug-likeness (QED) is 0.678. The highest BCUT2D eigenvalue weighted by atomic mass is 28.4. The van der Waals surface area contributed by atoms with Crippen molar-refractivity contribution in [2.24, 2.45) is 0 Å². The lowest BCUT2D eigenvalue weighted by atomic mass is 9.86. The van der Waals surface area contributed by atoms with Crippen LogP contribution in [0.4, 0.5) is 5.69 Å². The Bertz CT molecular complexity index is 512. The van der Waals surface area contributed by atoms with Gasteiger partial charge in [-0.1, -0.05) is 61.5 Å². The van der Waals surface area contributed by atoms with Gasteiger partial charge < -0.3 is 9.74 Å². The second kappa shape index (κ2) is 5.92. The molecule has 1 aliphatic rings. The Morgan fingerprint density at radius 1 is 1.00 bits per heavy atom. The zero-order valence-electron chi connectivity index (χ0n) is 15.6. The van der Waals surface area contributed by atoms with Gasteiger partial charge in [-0.05, 0) is 28.8 Å². The number of nitrogens with one attached hydrogen (secondary N) is 1. The molecule has 0 aliphatic carbocycles. The summed E-state index contributed by atoms with van der Waals surface area (Å²) in [5.74, 6) is 1.12. The second-order valence-electron chi connectivity index (χ2n) is 8.34. The number of rotatable bonds is 5. The fraction of sp³-hybridized carbons (Fsp3) is 0.684. The molecule has 0 atom stereocenters. The third kappa shape index (κ3) is 2.68. The third-order valence-electron chi connectivity index (χ3n) is 5.42. The molecule has 0 radical (unpaired) electrons. The van der Waals surface area contributed by atoms with Crippen LogP contribution in [0.15, 0.2) is 18.2 Å². The van der Waals surface area contributed by atoms with Crippen molar-refractivity contribution >= 4 is 14.0 Å². The summed E-state index contributed by atoms with van der Waals surface area (Å²) in [6.45, 7) is 19.7. The Morgan fingerprint density at radius 3 is 2.05 bits per heavy atom. The SMILES string of the molecule is CC(C)[Si](Oc1cccc2c1C(C)(C)CN2)(C(C)C)C(C)C. The van der Waals surface area contributed by atoms with Crippen LogP contribution in [0.1, 0.15) is 61.0 Å². The monoisotopic (exact) mass is 319 g/mol. The first kappa shape index (κ1) is 17.4. The molecule has 0 fully saturated rings. The molecule has 0 aromatic heterocycles. The molecule has 124 valence electrons. The van der Waals surface area contributed by atoms with E-state index in [0.29, 0.717) is 16.6 Å². The molecule has 0 saturated heterocycles. The molecule has 1 aromatic rings. The van der Waals surface area contributed by atoms with E-state index in [1.54, 1.807) is 0 Å². The molecule has 0 saturated carbocycles. The second-order valence-corrected chi connectivity index (χ2v) is 13.7. The van der Waals surface area contributed by atoms with Gasteiger partial charge in [0.25, 0.3) is 8.32 Å². The van der Waals surface area contributed by atoms with Crippen molar-refractivity contribution < 1.29 is 4.43 Å². The highest BCUT2D eigenvalue weighted by molar-refractivity contribution is 6.78. The molecule has 0 unspecified atom stereocenters. The standard InChI is InChI=1S/C19H33NOSi/c1-13(2)22(14(3)4,15(5)6)21-17-11-9-10-16-18(17)19(7,8)12-20-16/h9-11,13-15,20H,12H2,1-8H3. The van der Waals surface area contributed by atoms with E-state index in [1.807, 2.05) is 0 Å². The molecule has 2 nitrogen and oxygen atoms in total. The molecule has 1 aliphatic heterocycles. The molecule has 0 bridgehead atoms. The van der Waals surface area contributed by atoms with Crippen LogP contribution >= 0.6 is 0 Å². The minimum atomic E-state index is -1.90. The molecule has 1 N–H and O–H groups in total. The average molecular weight is 320 g/mol. The van der Waals surface area contributed by atoms with Crippen molar-refractivity contribution in [3.8, 4) is 5.75 Å². The first-order chi connectivity index (χ1) is 10.1. The van der Waals surface area contributed by atoms with Crippen molar-refractivity contribution in [1.29, 1.82) is 0 Å². The lowest BCUT2D eigenvalue weighted by molar-refractivity contribution is 0.460. The fourth-order valence-corrected chi connectivity index (χ4v) is 9.67. The van der Waals surface area contributed by atoms with Crippen LogP contribution in [0.5, 0.6) is 5.75 Å². The van der Waals surface area contributed by atoms with E-state index in [1.165, 1.54) is 11.3 Å². The van der Waals surface area contributed by atoms with Crippen LogP contribution in [-0.4, -0.2) is 14.9 Å². The van der Waals surface area contributed by atoms with Gasteiger partial charge in [-0.15, -0.1) is 0 Å². The van der Waals surface area contributed by atoms with Crippen LogP contribution < -0.4 is 9.74 Å². The van der Waals surface area contributed by atoms with Gasteiger partial charge in [-0.2, -0.15) is 0 Å². The van der Waals surface area contributed by atoms with E-state index in [-0.39, 0.29) is 5.41 Å². The maximum Gasteiger partial charge on any atom is 0.258 e. The van der Waals surface area contributed by atoms with Crippen molar-refractivity contribution in [3.05, 3.63) is 23.8 Å². The summed E-state index contributed by atoms with van der Waals surface area (Å²) in [7, 11) is -1.90. The predicted octanol–water partition coefficient (Wildman–Crippen LogP) is 5.94. The number of hydrogen-bond donors (Lipinski definition) is 1. The Morgan fingerprint density at radius 2 is 1.55 bits per heavy atom. The van der Waals surface area contributed by atoms with Gasteiger partial charge in [0, 0.05) is 23.2 Å². The number of fused-ring (bicyclic) bond motifs is 1. The topological polar surface area (TPSA) is 21.3 Å². The van der Waals surface area contributed by atoms with Gasteiger partial charge in [0.05, 0.1) is 0 Å². The molecule has 0 spiro atoms. The lowest BCUT2D eigenvalue weighted by Crippen LogP contribution is -2.51. The van der Waals surface area contributed by atoms with E-state index in [2.05, 4.69) is 78.9 Å². The maximum atomic E-state index is 6.96. The van der Waals surface area contributed by atoms with Gasteiger partial charge in [-0.25, -0.2) is 0 Å². The summed E-state index contributed by atoms with van der Waals surface area (Å²) in [4.78, 5) is 0. The lowest BCUT2D eigenvalue weighted by Gasteiger charge is -2.43. The highest BCUT2D eigenvalue weighted by Crippen LogP contribution is 2.48. The summed E-state index contributed by atoms with van der Waals surface area (Å²) in [6.07, 6.45) is 0. The minimum Gasteiger partial charge on any atom is -0.542 e. The summed E-state index contributed by atoms with van der Waals surface area (Å²) in [5.41, 5.74) is 4.55. The summed E-state index contributed by atoms with van der Waals surface area (Å²) >= 11 is 0. The Hall–Kier alpha value is -0.963. The molecule has 1 aromatic carbocycles. The molecule has 3 heteroatoms. The Balaban J connectivity index is 2.52. The third-order valence-corrected chi connectivity index (χ3v) is 11.4. The van der Waals surface area contributed by atoms with Crippen LogP contribution in [0.3, 0.4) is 0 Å². The smallest absolute Gasteiger partial charge is 0.258 e. The van der Waals surface area contributed by atoms with Crippen LogP contribution in [-0.2, 0) is 5.41 Å². The van der Waals surface area contributed by atoms with Gasteiger partial charge in [0.15, 0.2) is 0 Å². The average Bonchev–Trinajstić information content (AvgIpc) is 2.71. The van der Waals surface area contributed by atoms with Crippen LogP contribution in [0.2, 0.25) is 16.6 Å². The van der Waals surface area contributed by atoms with Gasteiger partial charge >= 0.3 is 0 Å². The minimum absolute atomic E-state index is 0.136. The van der Waals surface area contributed by atoms with Crippen molar-refractivity contribution in [2.75, 3.05) is 11.9 Å². The van der Waals surface area contributed by atoms with E-state index in [4.69, 9.17) is 4.43 Å². The van der Waals surface area contributed by atoms with E-state index in [0.717, 1.165) is 12.3 Å². The summed E-state index contributed by atoms with van der Waals surface area (Å²) in [6, 6.07) is 6.49. The number of anilines is 1. The zero-order valence-corrected chi connectivity index (χ0v) is 16.6. The predicted molar refractivity (Wildman–Crippen MR) is 99.6 cm³/mol. The van der Waals surface area contributed by atoms with Crippen LogP contribution in [0, 0.1) is 0 Å². The van der Waals surface area contributed by atoms with E-state index in [9.17, 15) is 0 Å². The summed E-state index contributed by atoms with van der Waals surface area (Å²) in [5, 5.41) is 3.54. The zero-order chi connectivity index (χ0) is 16.7. The molecular formula is C19H33NOSi. The van der Waals surface area contributed by atoms with E-state index >= 15 is 0 Å². The normalized spacial score (nSPS) is 17.0. The Kier molecular flexibility index (Phi) is 4.68. The summed E-state index contributed by atoms with van der Waals surface area (Å²) < 4.78 is 6.96. The molecule has 1 heterocycles. The number of hydrogen-bond acceptors (Lipinski definition) is 2. The van der Waals surface area contributed by atoms with Gasteiger partial charge in [0.1, 0.15) is 5.75 Å². The molecule has 2 rings (SSSR count). The maximum absolute atomic E-state index is 6.96. The van der Waals surface area contributed by atoms with Crippen LogP contribution in [0.25, 0.3) is 0 Å².